The first kappa shape index (κ1) is 19.5. The standard InChI is InChI=1S/C16H20N2O5S3/c1-17(13-14-3-2-12-24-14)25(19,20)15-4-6-16(7-5-15)26(21,22)18-8-10-23-11-9-18/h2-7,12H,8-11,13H2,1H3. The average Bonchev–Trinajstić information content (AvgIpc) is 3.15. The molecule has 0 saturated carbocycles. The van der Waals surface area contributed by atoms with Crippen LogP contribution in [0, 0.1) is 0 Å². The predicted octanol–water partition coefficient (Wildman–Crippen LogP) is 1.59. The highest BCUT2D eigenvalue weighted by Crippen LogP contribution is 2.22. The highest BCUT2D eigenvalue weighted by molar-refractivity contribution is 7.89. The van der Waals surface area contributed by atoms with Crippen LogP contribution in [0.3, 0.4) is 0 Å². The zero-order valence-corrected chi connectivity index (χ0v) is 16.7. The molecule has 1 fully saturated rings. The van der Waals surface area contributed by atoms with Crippen LogP contribution in [0.15, 0.2) is 51.6 Å². The van der Waals surface area contributed by atoms with Gasteiger partial charge in [0.25, 0.3) is 0 Å². The van der Waals surface area contributed by atoms with Crippen molar-refractivity contribution in [2.24, 2.45) is 0 Å². The summed E-state index contributed by atoms with van der Waals surface area (Å²) in [5.74, 6) is 0. The van der Waals surface area contributed by atoms with E-state index in [0.717, 1.165) is 4.88 Å². The summed E-state index contributed by atoms with van der Waals surface area (Å²) >= 11 is 1.48. The molecule has 0 spiro atoms. The minimum absolute atomic E-state index is 0.0671. The number of nitrogens with zero attached hydrogens (tertiary/aromatic N) is 2. The lowest BCUT2D eigenvalue weighted by atomic mass is 10.4. The van der Waals surface area contributed by atoms with Gasteiger partial charge in [-0.1, -0.05) is 6.07 Å². The monoisotopic (exact) mass is 416 g/mol. The van der Waals surface area contributed by atoms with E-state index in [9.17, 15) is 16.8 Å². The van der Waals surface area contributed by atoms with Gasteiger partial charge in [-0.2, -0.15) is 8.61 Å². The third kappa shape index (κ3) is 4.00. The first-order chi connectivity index (χ1) is 12.3. The lowest BCUT2D eigenvalue weighted by Gasteiger charge is -2.26. The van der Waals surface area contributed by atoms with Gasteiger partial charge in [0.1, 0.15) is 0 Å². The average molecular weight is 417 g/mol. The van der Waals surface area contributed by atoms with Gasteiger partial charge in [-0.15, -0.1) is 11.3 Å². The summed E-state index contributed by atoms with van der Waals surface area (Å²) in [6.07, 6.45) is 0. The molecule has 0 aliphatic carbocycles. The molecule has 2 heterocycles. The maximum atomic E-state index is 12.7. The number of hydrogen-bond acceptors (Lipinski definition) is 6. The highest BCUT2D eigenvalue weighted by atomic mass is 32.2. The second-order valence-corrected chi connectivity index (χ2v) is 10.8. The molecule has 10 heteroatoms. The lowest BCUT2D eigenvalue weighted by molar-refractivity contribution is 0.0730. The summed E-state index contributed by atoms with van der Waals surface area (Å²) in [5.41, 5.74) is 0. The smallest absolute Gasteiger partial charge is 0.243 e. The maximum absolute atomic E-state index is 12.7. The van der Waals surface area contributed by atoms with Crippen LogP contribution in [0.1, 0.15) is 4.88 Å². The van der Waals surface area contributed by atoms with Gasteiger partial charge in [-0.3, -0.25) is 0 Å². The number of sulfonamides is 2. The molecular weight excluding hydrogens is 396 g/mol. The van der Waals surface area contributed by atoms with E-state index in [-0.39, 0.29) is 16.3 Å². The van der Waals surface area contributed by atoms with E-state index in [4.69, 9.17) is 4.74 Å². The maximum Gasteiger partial charge on any atom is 0.243 e. The molecule has 0 bridgehead atoms. The van der Waals surface area contributed by atoms with E-state index < -0.39 is 20.0 Å². The van der Waals surface area contributed by atoms with Crippen molar-refractivity contribution in [2.75, 3.05) is 33.4 Å². The molecule has 142 valence electrons. The van der Waals surface area contributed by atoms with Crippen molar-refractivity contribution >= 4 is 31.4 Å². The van der Waals surface area contributed by atoms with Crippen molar-refractivity contribution in [3.8, 4) is 0 Å². The van der Waals surface area contributed by atoms with Crippen molar-refractivity contribution in [3.05, 3.63) is 46.7 Å². The lowest BCUT2D eigenvalue weighted by Crippen LogP contribution is -2.40. The Labute approximate surface area is 157 Å². The van der Waals surface area contributed by atoms with Crippen molar-refractivity contribution in [1.82, 2.24) is 8.61 Å². The third-order valence-electron chi connectivity index (χ3n) is 4.10. The Morgan fingerprint density at radius 2 is 1.65 bits per heavy atom. The number of thiophene rings is 1. The fourth-order valence-electron chi connectivity index (χ4n) is 2.61. The number of benzene rings is 1. The summed E-state index contributed by atoms with van der Waals surface area (Å²) in [6, 6.07) is 9.11. The minimum Gasteiger partial charge on any atom is -0.379 e. The second kappa shape index (κ2) is 7.75. The topological polar surface area (TPSA) is 84.0 Å². The normalized spacial score (nSPS) is 16.8. The van der Waals surface area contributed by atoms with E-state index in [1.54, 1.807) is 0 Å². The van der Waals surface area contributed by atoms with Crippen molar-refractivity contribution in [3.63, 3.8) is 0 Å². The molecule has 0 amide bonds. The summed E-state index contributed by atoms with van der Waals surface area (Å²) in [4.78, 5) is 1.08. The van der Waals surface area contributed by atoms with Crippen LogP contribution in [0.4, 0.5) is 0 Å². The Hall–Kier alpha value is -1.30. The first-order valence-electron chi connectivity index (χ1n) is 7.98. The summed E-state index contributed by atoms with van der Waals surface area (Å²) in [6.45, 7) is 1.59. The molecule has 1 aromatic carbocycles. The van der Waals surface area contributed by atoms with Crippen molar-refractivity contribution in [2.45, 2.75) is 16.3 Å². The SMILES string of the molecule is CN(Cc1cccs1)S(=O)(=O)c1ccc(S(=O)(=O)N2CCOCC2)cc1. The van der Waals surface area contributed by atoms with E-state index in [1.807, 2.05) is 17.5 Å². The summed E-state index contributed by atoms with van der Waals surface area (Å²) in [7, 11) is -5.82. The van der Waals surface area contributed by atoms with Gasteiger partial charge in [0.15, 0.2) is 0 Å². The molecule has 1 aliphatic rings. The van der Waals surface area contributed by atoms with E-state index in [2.05, 4.69) is 0 Å². The number of hydrogen-bond donors (Lipinski definition) is 0. The van der Waals surface area contributed by atoms with Gasteiger partial charge in [0.2, 0.25) is 20.0 Å². The van der Waals surface area contributed by atoms with Crippen molar-refractivity contribution < 1.29 is 21.6 Å². The van der Waals surface area contributed by atoms with E-state index in [0.29, 0.717) is 26.3 Å². The van der Waals surface area contributed by atoms with Gasteiger partial charge in [0, 0.05) is 31.6 Å². The Morgan fingerprint density at radius 1 is 1.04 bits per heavy atom. The van der Waals surface area contributed by atoms with Gasteiger partial charge in [-0.05, 0) is 35.7 Å². The Kier molecular flexibility index (Phi) is 5.80. The number of morpholine rings is 1. The van der Waals surface area contributed by atoms with Crippen LogP contribution >= 0.6 is 11.3 Å². The Bertz CT molecular complexity index is 932. The highest BCUT2D eigenvalue weighted by Gasteiger charge is 2.27. The third-order valence-corrected chi connectivity index (χ3v) is 8.69. The van der Waals surface area contributed by atoms with E-state index >= 15 is 0 Å². The van der Waals surface area contributed by atoms with Gasteiger partial charge in [-0.25, -0.2) is 16.8 Å². The summed E-state index contributed by atoms with van der Waals surface area (Å²) in [5, 5.41) is 1.89. The molecule has 1 aromatic heterocycles. The largest absolute Gasteiger partial charge is 0.379 e. The summed E-state index contributed by atoms with van der Waals surface area (Å²) < 4.78 is 58.3. The second-order valence-electron chi connectivity index (χ2n) is 5.83. The van der Waals surface area contributed by atoms with Crippen LogP contribution < -0.4 is 0 Å². The van der Waals surface area contributed by atoms with Crippen LogP contribution in [0.25, 0.3) is 0 Å². The van der Waals surface area contributed by atoms with Crippen LogP contribution in [-0.4, -0.2) is 58.8 Å². The predicted molar refractivity (Wildman–Crippen MR) is 99.0 cm³/mol. The minimum atomic E-state index is -3.69. The first-order valence-corrected chi connectivity index (χ1v) is 11.7. The molecule has 1 saturated heterocycles. The van der Waals surface area contributed by atoms with E-state index in [1.165, 1.54) is 51.3 Å². The molecule has 7 nitrogen and oxygen atoms in total. The van der Waals surface area contributed by atoms with Crippen LogP contribution in [-0.2, 0) is 31.3 Å². The van der Waals surface area contributed by atoms with Gasteiger partial charge >= 0.3 is 0 Å². The molecule has 1 aliphatic heterocycles. The fraction of sp³-hybridized carbons (Fsp3) is 0.375. The molecule has 0 atom stereocenters. The van der Waals surface area contributed by atoms with Crippen molar-refractivity contribution in [1.29, 1.82) is 0 Å². The Morgan fingerprint density at radius 3 is 2.23 bits per heavy atom. The van der Waals surface area contributed by atoms with Gasteiger partial charge in [0.05, 0.1) is 23.0 Å². The molecular formula is C16H20N2O5S3. The van der Waals surface area contributed by atoms with Gasteiger partial charge < -0.3 is 4.74 Å². The zero-order chi connectivity index (χ0) is 18.8. The molecule has 3 rings (SSSR count). The molecule has 26 heavy (non-hydrogen) atoms. The Balaban J connectivity index is 1.80. The fourth-order valence-corrected chi connectivity index (χ4v) is 6.00. The number of rotatable bonds is 6. The number of ether oxygens (including phenoxy) is 1. The molecule has 0 N–H and O–H groups in total. The molecule has 2 aromatic rings. The molecule has 0 unspecified atom stereocenters. The molecule has 0 radical (unpaired) electrons. The van der Waals surface area contributed by atoms with Crippen LogP contribution in [0.5, 0.6) is 0 Å². The van der Waals surface area contributed by atoms with Crippen LogP contribution in [0.2, 0.25) is 0 Å². The zero-order valence-electron chi connectivity index (χ0n) is 14.2. The quantitative estimate of drug-likeness (QED) is 0.714.